The van der Waals surface area contributed by atoms with Gasteiger partial charge in [0.25, 0.3) is 0 Å². The van der Waals surface area contributed by atoms with Crippen LogP contribution >= 0.6 is 11.6 Å². The first kappa shape index (κ1) is 16.0. The van der Waals surface area contributed by atoms with Crippen LogP contribution in [-0.2, 0) is 4.79 Å². The molecule has 4 nitrogen and oxygen atoms in total. The second-order valence-corrected chi connectivity index (χ2v) is 5.71. The average molecular weight is 315 g/mol. The number of hydrogen-bond acceptors (Lipinski definition) is 3. The number of benzene rings is 1. The van der Waals surface area contributed by atoms with Gasteiger partial charge in [-0.1, -0.05) is 17.7 Å². The fourth-order valence-corrected chi connectivity index (χ4v) is 2.50. The zero-order chi connectivity index (χ0) is 15.1. The normalized spacial score (nSPS) is 17.5. The molecule has 0 radical (unpaired) electrons. The monoisotopic (exact) mass is 314 g/mol. The van der Waals surface area contributed by atoms with Crippen molar-refractivity contribution in [2.45, 2.75) is 18.5 Å². The summed E-state index contributed by atoms with van der Waals surface area (Å²) < 4.78 is 19.9. The molecule has 1 aliphatic rings. The minimum Gasteiger partial charge on any atom is -0.492 e. The quantitative estimate of drug-likeness (QED) is 0.620. The van der Waals surface area contributed by atoms with Crippen LogP contribution in [0.3, 0.4) is 0 Å². The van der Waals surface area contributed by atoms with Crippen LogP contribution in [0, 0.1) is 0 Å². The molecule has 1 aliphatic heterocycles. The molecule has 0 saturated carbocycles. The predicted octanol–water partition coefficient (Wildman–Crippen LogP) is 2.27. The first-order valence-corrected chi connectivity index (χ1v) is 7.46. The van der Waals surface area contributed by atoms with Gasteiger partial charge >= 0.3 is 0 Å². The molecule has 1 aromatic rings. The molecule has 1 N–H and O–H groups in total. The zero-order valence-electron chi connectivity index (χ0n) is 11.9. The Labute approximate surface area is 129 Å². The van der Waals surface area contributed by atoms with Gasteiger partial charge in [0.15, 0.2) is 0 Å². The number of alkyl halides is 1. The van der Waals surface area contributed by atoms with Crippen molar-refractivity contribution >= 4 is 18.0 Å². The van der Waals surface area contributed by atoms with Gasteiger partial charge in [0.2, 0.25) is 6.41 Å². The van der Waals surface area contributed by atoms with E-state index in [4.69, 9.17) is 16.3 Å². The van der Waals surface area contributed by atoms with Crippen molar-refractivity contribution in [2.24, 2.45) is 0 Å². The first-order valence-electron chi connectivity index (χ1n) is 7.09. The number of carbonyl (C=O) groups is 1. The fraction of sp³-hybridized carbons (Fsp3) is 0.533. The summed E-state index contributed by atoms with van der Waals surface area (Å²) in [5, 5.41) is 3.70. The standard InChI is InChI=1S/C15H20ClFN2O2/c16-13-2-1-3-14(10-13)21-9-6-18-11-15(17)4-7-19(12-20)8-5-15/h1-3,10,12,18H,4-9,11H2. The number of likely N-dealkylation sites (tertiary alicyclic amines) is 1. The van der Waals surface area contributed by atoms with Gasteiger partial charge in [-0.15, -0.1) is 0 Å². The third-order valence-electron chi connectivity index (χ3n) is 3.63. The largest absolute Gasteiger partial charge is 0.492 e. The molecule has 0 aliphatic carbocycles. The molecule has 1 aromatic carbocycles. The highest BCUT2D eigenvalue weighted by molar-refractivity contribution is 6.30. The number of amides is 1. The number of ether oxygens (including phenoxy) is 1. The Hall–Kier alpha value is -1.33. The number of carbonyl (C=O) groups excluding carboxylic acids is 1. The van der Waals surface area contributed by atoms with Crippen molar-refractivity contribution in [1.82, 2.24) is 10.2 Å². The highest BCUT2D eigenvalue weighted by atomic mass is 35.5. The van der Waals surface area contributed by atoms with Gasteiger partial charge in [0, 0.05) is 44.0 Å². The maximum absolute atomic E-state index is 14.4. The lowest BCUT2D eigenvalue weighted by molar-refractivity contribution is -0.120. The Bertz CT molecular complexity index is 465. The molecule has 0 atom stereocenters. The number of nitrogens with zero attached hydrogens (tertiary/aromatic N) is 1. The summed E-state index contributed by atoms with van der Waals surface area (Å²) in [4.78, 5) is 12.2. The second-order valence-electron chi connectivity index (χ2n) is 5.27. The number of hydrogen-bond donors (Lipinski definition) is 1. The highest BCUT2D eigenvalue weighted by Gasteiger charge is 2.33. The first-order chi connectivity index (χ1) is 10.1. The Morgan fingerprint density at radius 3 is 2.86 bits per heavy atom. The summed E-state index contributed by atoms with van der Waals surface area (Å²) in [5.74, 6) is 0.707. The van der Waals surface area contributed by atoms with E-state index in [0.29, 0.717) is 56.4 Å². The van der Waals surface area contributed by atoms with Crippen molar-refractivity contribution < 1.29 is 13.9 Å². The van der Waals surface area contributed by atoms with Crippen molar-refractivity contribution in [1.29, 1.82) is 0 Å². The van der Waals surface area contributed by atoms with E-state index >= 15 is 0 Å². The molecule has 0 aromatic heterocycles. The molecular weight excluding hydrogens is 295 g/mol. The van der Waals surface area contributed by atoms with Crippen molar-refractivity contribution in [3.63, 3.8) is 0 Å². The van der Waals surface area contributed by atoms with Crippen LogP contribution in [0.5, 0.6) is 5.75 Å². The van der Waals surface area contributed by atoms with Crippen LogP contribution in [-0.4, -0.2) is 49.8 Å². The molecular formula is C15H20ClFN2O2. The van der Waals surface area contributed by atoms with Crippen LogP contribution in [0.25, 0.3) is 0 Å². The zero-order valence-corrected chi connectivity index (χ0v) is 12.6. The Kier molecular flexibility index (Phi) is 5.82. The van der Waals surface area contributed by atoms with Gasteiger partial charge in [0.05, 0.1) is 0 Å². The SMILES string of the molecule is O=CN1CCC(F)(CNCCOc2cccc(Cl)c2)CC1. The van der Waals surface area contributed by atoms with E-state index in [0.717, 1.165) is 6.41 Å². The van der Waals surface area contributed by atoms with Crippen LogP contribution in [0.2, 0.25) is 5.02 Å². The van der Waals surface area contributed by atoms with E-state index in [2.05, 4.69) is 5.32 Å². The maximum Gasteiger partial charge on any atom is 0.209 e. The van der Waals surface area contributed by atoms with Crippen molar-refractivity contribution in [3.8, 4) is 5.75 Å². The van der Waals surface area contributed by atoms with Crippen LogP contribution in [0.1, 0.15) is 12.8 Å². The summed E-state index contributed by atoms with van der Waals surface area (Å²) >= 11 is 5.85. The molecule has 1 fully saturated rings. The van der Waals surface area contributed by atoms with E-state index in [1.165, 1.54) is 0 Å². The van der Waals surface area contributed by atoms with Gasteiger partial charge < -0.3 is 15.0 Å². The van der Waals surface area contributed by atoms with Crippen LogP contribution in [0.15, 0.2) is 24.3 Å². The molecule has 1 amide bonds. The van der Waals surface area contributed by atoms with Crippen molar-refractivity contribution in [2.75, 3.05) is 32.8 Å². The average Bonchev–Trinajstić information content (AvgIpc) is 2.48. The molecule has 21 heavy (non-hydrogen) atoms. The molecule has 1 heterocycles. The summed E-state index contributed by atoms with van der Waals surface area (Å²) in [6, 6.07) is 7.18. The Morgan fingerprint density at radius 1 is 1.43 bits per heavy atom. The lowest BCUT2D eigenvalue weighted by Gasteiger charge is -2.34. The molecule has 116 valence electrons. The topological polar surface area (TPSA) is 41.6 Å². The van der Waals surface area contributed by atoms with E-state index < -0.39 is 5.67 Å². The van der Waals surface area contributed by atoms with Gasteiger partial charge in [0.1, 0.15) is 18.0 Å². The second kappa shape index (κ2) is 7.61. The minimum absolute atomic E-state index is 0.290. The minimum atomic E-state index is -1.23. The maximum atomic E-state index is 14.4. The molecule has 0 unspecified atom stereocenters. The molecule has 6 heteroatoms. The molecule has 0 spiro atoms. The number of halogens is 2. The van der Waals surface area contributed by atoms with Gasteiger partial charge in [-0.25, -0.2) is 4.39 Å². The van der Waals surface area contributed by atoms with E-state index in [9.17, 15) is 9.18 Å². The lowest BCUT2D eigenvalue weighted by atomic mass is 9.93. The Balaban J connectivity index is 1.62. The number of nitrogens with one attached hydrogen (secondary N) is 1. The summed E-state index contributed by atoms with van der Waals surface area (Å²) in [6.45, 7) is 2.28. The van der Waals surface area contributed by atoms with Gasteiger partial charge in [-0.3, -0.25) is 4.79 Å². The predicted molar refractivity (Wildman–Crippen MR) is 80.5 cm³/mol. The summed E-state index contributed by atoms with van der Waals surface area (Å²) in [7, 11) is 0. The third kappa shape index (κ3) is 5.17. The number of piperidine rings is 1. The van der Waals surface area contributed by atoms with Crippen LogP contribution in [0.4, 0.5) is 4.39 Å². The smallest absolute Gasteiger partial charge is 0.209 e. The highest BCUT2D eigenvalue weighted by Crippen LogP contribution is 2.25. The molecule has 2 rings (SSSR count). The van der Waals surface area contributed by atoms with Gasteiger partial charge in [-0.2, -0.15) is 0 Å². The van der Waals surface area contributed by atoms with Gasteiger partial charge in [-0.05, 0) is 18.2 Å². The van der Waals surface area contributed by atoms with E-state index in [1.54, 1.807) is 17.0 Å². The summed E-state index contributed by atoms with van der Waals surface area (Å²) in [6.07, 6.45) is 1.55. The van der Waals surface area contributed by atoms with Crippen molar-refractivity contribution in [3.05, 3.63) is 29.3 Å². The van der Waals surface area contributed by atoms with E-state index in [-0.39, 0.29) is 0 Å². The van der Waals surface area contributed by atoms with E-state index in [1.807, 2.05) is 12.1 Å². The molecule has 1 saturated heterocycles. The summed E-state index contributed by atoms with van der Waals surface area (Å²) in [5.41, 5.74) is -1.23. The lowest BCUT2D eigenvalue weighted by Crippen LogP contribution is -2.47. The molecule has 0 bridgehead atoms. The third-order valence-corrected chi connectivity index (χ3v) is 3.86. The number of rotatable bonds is 7. The Morgan fingerprint density at radius 2 is 2.19 bits per heavy atom. The fourth-order valence-electron chi connectivity index (χ4n) is 2.32. The van der Waals surface area contributed by atoms with Crippen LogP contribution < -0.4 is 10.1 Å².